The number of benzene rings is 2. The van der Waals surface area contributed by atoms with E-state index < -0.39 is 5.78 Å². The van der Waals surface area contributed by atoms with Gasteiger partial charge in [0, 0.05) is 10.0 Å². The Morgan fingerprint density at radius 3 is 2.76 bits per heavy atom. The maximum absolute atomic E-state index is 11.6. The van der Waals surface area contributed by atoms with Crippen LogP contribution in [0, 0.1) is 0 Å². The van der Waals surface area contributed by atoms with Gasteiger partial charge in [0.1, 0.15) is 0 Å². The summed E-state index contributed by atoms with van der Waals surface area (Å²) in [5.41, 5.74) is 2.32. The highest BCUT2D eigenvalue weighted by Crippen LogP contribution is 2.39. The molecule has 2 aromatic rings. The van der Waals surface area contributed by atoms with Crippen LogP contribution in [-0.4, -0.2) is 12.1 Å². The van der Waals surface area contributed by atoms with E-state index in [4.69, 9.17) is 0 Å². The van der Waals surface area contributed by atoms with Crippen LogP contribution in [0.5, 0.6) is 0 Å². The zero-order valence-corrected chi connectivity index (χ0v) is 10.3. The molecule has 0 aliphatic heterocycles. The third kappa shape index (κ3) is 1.39. The molecule has 0 fully saturated rings. The summed E-state index contributed by atoms with van der Waals surface area (Å²) < 4.78 is 0.992. The highest BCUT2D eigenvalue weighted by atomic mass is 79.9. The molecule has 2 nitrogen and oxygen atoms in total. The standard InChI is InChI=1S/C14H7BrO2/c15-12-5-4-9-11(13(17)7-16)6-8-2-1-3-10(12)14(8)9/h1-7H. The van der Waals surface area contributed by atoms with E-state index in [1.165, 1.54) is 0 Å². The number of ketones is 1. The number of carbonyl (C=O) groups is 2. The number of allylic oxidation sites excluding steroid dienone is 1. The first-order valence-electron chi connectivity index (χ1n) is 5.15. The van der Waals surface area contributed by atoms with Crippen LogP contribution in [0.1, 0.15) is 11.1 Å². The molecule has 0 amide bonds. The molecule has 0 saturated carbocycles. The topological polar surface area (TPSA) is 34.1 Å². The van der Waals surface area contributed by atoms with Crippen LogP contribution in [0.2, 0.25) is 0 Å². The van der Waals surface area contributed by atoms with Crippen molar-refractivity contribution in [2.75, 3.05) is 0 Å². The second-order valence-electron chi connectivity index (χ2n) is 3.90. The number of carbonyl (C=O) groups excluding carboxylic acids is 2. The number of Topliss-reactive ketones (excluding diaryl/α,β-unsaturated/α-hetero) is 1. The van der Waals surface area contributed by atoms with Crippen molar-refractivity contribution in [3.05, 3.63) is 45.9 Å². The van der Waals surface area contributed by atoms with Gasteiger partial charge in [-0.3, -0.25) is 9.59 Å². The molecular weight excluding hydrogens is 280 g/mol. The second kappa shape index (κ2) is 3.64. The van der Waals surface area contributed by atoms with Gasteiger partial charge in [0.05, 0.1) is 0 Å². The number of aldehydes is 1. The molecule has 0 aromatic heterocycles. The van der Waals surface area contributed by atoms with Gasteiger partial charge in [-0.05, 0) is 34.0 Å². The van der Waals surface area contributed by atoms with E-state index in [1.54, 1.807) is 6.08 Å². The molecular formula is C14H7BrO2. The van der Waals surface area contributed by atoms with Gasteiger partial charge >= 0.3 is 0 Å². The average Bonchev–Trinajstić information content (AvgIpc) is 2.73. The van der Waals surface area contributed by atoms with E-state index in [0.29, 0.717) is 11.9 Å². The van der Waals surface area contributed by atoms with E-state index in [9.17, 15) is 9.59 Å². The third-order valence-electron chi connectivity index (χ3n) is 2.98. The van der Waals surface area contributed by atoms with Crippen LogP contribution < -0.4 is 0 Å². The Morgan fingerprint density at radius 1 is 1.18 bits per heavy atom. The van der Waals surface area contributed by atoms with Crippen molar-refractivity contribution in [3.63, 3.8) is 0 Å². The molecule has 2 aromatic carbocycles. The van der Waals surface area contributed by atoms with Gasteiger partial charge in [-0.2, -0.15) is 0 Å². The van der Waals surface area contributed by atoms with Crippen molar-refractivity contribution in [2.45, 2.75) is 0 Å². The highest BCUT2D eigenvalue weighted by molar-refractivity contribution is 9.10. The van der Waals surface area contributed by atoms with Crippen LogP contribution >= 0.6 is 15.9 Å². The third-order valence-corrected chi connectivity index (χ3v) is 3.67. The van der Waals surface area contributed by atoms with Crippen LogP contribution in [0.4, 0.5) is 0 Å². The van der Waals surface area contributed by atoms with E-state index in [1.807, 2.05) is 30.3 Å². The second-order valence-corrected chi connectivity index (χ2v) is 4.76. The molecule has 0 N–H and O–H groups in total. The fraction of sp³-hybridized carbons (Fsp3) is 0. The zero-order chi connectivity index (χ0) is 12.0. The van der Waals surface area contributed by atoms with Gasteiger partial charge in [0.25, 0.3) is 0 Å². The van der Waals surface area contributed by atoms with Gasteiger partial charge in [-0.15, -0.1) is 0 Å². The molecule has 0 radical (unpaired) electrons. The molecule has 1 aliphatic carbocycles. The van der Waals surface area contributed by atoms with Crippen LogP contribution in [0.15, 0.2) is 34.8 Å². The summed E-state index contributed by atoms with van der Waals surface area (Å²) in [4.78, 5) is 22.2. The molecule has 0 saturated heterocycles. The predicted molar refractivity (Wildman–Crippen MR) is 70.6 cm³/mol. The Hall–Kier alpha value is -1.74. The molecule has 0 bridgehead atoms. The van der Waals surface area contributed by atoms with Crippen LogP contribution in [0.25, 0.3) is 22.4 Å². The van der Waals surface area contributed by atoms with Crippen LogP contribution in [0.3, 0.4) is 0 Å². The summed E-state index contributed by atoms with van der Waals surface area (Å²) in [7, 11) is 0. The van der Waals surface area contributed by atoms with Gasteiger partial charge in [0.2, 0.25) is 5.78 Å². The SMILES string of the molecule is O=CC(=O)C1=Cc2cccc3c(Br)ccc1c23. The van der Waals surface area contributed by atoms with Crippen molar-refractivity contribution in [1.29, 1.82) is 0 Å². The fourth-order valence-corrected chi connectivity index (χ4v) is 2.71. The van der Waals surface area contributed by atoms with E-state index >= 15 is 0 Å². The fourth-order valence-electron chi connectivity index (χ4n) is 2.24. The summed E-state index contributed by atoms with van der Waals surface area (Å²) in [6.07, 6.45) is 2.15. The van der Waals surface area contributed by atoms with E-state index in [0.717, 1.165) is 26.4 Å². The minimum absolute atomic E-state index is 0.367. The van der Waals surface area contributed by atoms with Gasteiger partial charge < -0.3 is 0 Å². The Bertz CT molecular complexity index is 699. The number of hydrogen-bond donors (Lipinski definition) is 0. The molecule has 3 rings (SSSR count). The average molecular weight is 287 g/mol. The first-order valence-corrected chi connectivity index (χ1v) is 5.94. The lowest BCUT2D eigenvalue weighted by Crippen LogP contribution is -2.00. The predicted octanol–water partition coefficient (Wildman–Crippen LogP) is 3.22. The summed E-state index contributed by atoms with van der Waals surface area (Å²) in [6, 6.07) is 9.66. The Kier molecular flexibility index (Phi) is 2.23. The maximum atomic E-state index is 11.6. The molecule has 0 spiro atoms. The van der Waals surface area contributed by atoms with Crippen molar-refractivity contribution in [2.24, 2.45) is 0 Å². The van der Waals surface area contributed by atoms with Gasteiger partial charge in [-0.25, -0.2) is 0 Å². The molecule has 1 aliphatic rings. The van der Waals surface area contributed by atoms with Crippen molar-refractivity contribution >= 4 is 50.4 Å². The minimum Gasteiger partial charge on any atom is -0.294 e. The molecule has 82 valence electrons. The van der Waals surface area contributed by atoms with Crippen molar-refractivity contribution in [3.8, 4) is 0 Å². The summed E-state index contributed by atoms with van der Waals surface area (Å²) in [6.45, 7) is 0. The molecule has 17 heavy (non-hydrogen) atoms. The molecule has 3 heteroatoms. The normalized spacial score (nSPS) is 12.6. The first-order chi connectivity index (χ1) is 8.22. The number of halogens is 1. The highest BCUT2D eigenvalue weighted by Gasteiger charge is 2.21. The van der Waals surface area contributed by atoms with Crippen molar-refractivity contribution in [1.82, 2.24) is 0 Å². The van der Waals surface area contributed by atoms with Crippen LogP contribution in [-0.2, 0) is 9.59 Å². The molecule has 0 atom stereocenters. The summed E-state index contributed by atoms with van der Waals surface area (Å²) in [5, 5.41) is 2.09. The van der Waals surface area contributed by atoms with Crippen molar-refractivity contribution < 1.29 is 9.59 Å². The lowest BCUT2D eigenvalue weighted by atomic mass is 10.0. The minimum atomic E-state index is -0.468. The summed E-state index contributed by atoms with van der Waals surface area (Å²) >= 11 is 3.49. The van der Waals surface area contributed by atoms with E-state index in [2.05, 4.69) is 15.9 Å². The number of rotatable bonds is 2. The van der Waals surface area contributed by atoms with Gasteiger partial charge in [0.15, 0.2) is 6.29 Å². The Morgan fingerprint density at radius 2 is 2.00 bits per heavy atom. The zero-order valence-electron chi connectivity index (χ0n) is 8.74. The Labute approximate surface area is 106 Å². The first kappa shape index (κ1) is 10.4. The summed E-state index contributed by atoms with van der Waals surface area (Å²) in [5.74, 6) is -0.468. The largest absolute Gasteiger partial charge is 0.294 e. The smallest absolute Gasteiger partial charge is 0.226 e. The lowest BCUT2D eigenvalue weighted by Gasteiger charge is -2.05. The molecule has 0 heterocycles. The van der Waals surface area contributed by atoms with E-state index in [-0.39, 0.29) is 0 Å². The maximum Gasteiger partial charge on any atom is 0.226 e. The monoisotopic (exact) mass is 286 g/mol. The quantitative estimate of drug-likeness (QED) is 0.627. The van der Waals surface area contributed by atoms with Gasteiger partial charge in [-0.1, -0.05) is 40.2 Å². The molecule has 0 unspecified atom stereocenters. The Balaban J connectivity index is 2.40. The number of hydrogen-bond acceptors (Lipinski definition) is 2. The lowest BCUT2D eigenvalue weighted by molar-refractivity contribution is -0.126.